The minimum Gasteiger partial charge on any atom is -0.469 e. The predicted molar refractivity (Wildman–Crippen MR) is 57.8 cm³/mol. The van der Waals surface area contributed by atoms with Crippen molar-refractivity contribution in [3.63, 3.8) is 0 Å². The Bertz CT molecular complexity index is 558. The molecule has 2 rings (SSSR count). The van der Waals surface area contributed by atoms with Crippen molar-refractivity contribution in [1.82, 2.24) is 0 Å². The summed E-state index contributed by atoms with van der Waals surface area (Å²) in [6, 6.07) is 5.01. The molecule has 1 aromatic carbocycles. The summed E-state index contributed by atoms with van der Waals surface area (Å²) >= 11 is 0. The number of hydrogen-bond donors (Lipinski definition) is 0. The van der Waals surface area contributed by atoms with E-state index < -0.39 is 11.6 Å². The van der Waals surface area contributed by atoms with Crippen LogP contribution >= 0.6 is 0 Å². The van der Waals surface area contributed by atoms with E-state index in [-0.39, 0.29) is 12.2 Å². The van der Waals surface area contributed by atoms with Crippen molar-refractivity contribution >= 4 is 5.78 Å². The molecule has 0 saturated heterocycles. The normalized spacial score (nSPS) is 10.5. The monoisotopic (exact) mass is 236 g/mol. The lowest BCUT2D eigenvalue weighted by Crippen LogP contribution is -2.04. The van der Waals surface area contributed by atoms with Crippen LogP contribution in [0, 0.1) is 18.6 Å². The van der Waals surface area contributed by atoms with Gasteiger partial charge in [-0.1, -0.05) is 6.07 Å². The van der Waals surface area contributed by atoms with E-state index >= 15 is 0 Å². The maximum atomic E-state index is 12.9. The summed E-state index contributed by atoms with van der Waals surface area (Å²) in [5.74, 6) is -1.51. The molecular weight excluding hydrogens is 226 g/mol. The molecule has 0 bridgehead atoms. The molecule has 0 radical (unpaired) electrons. The molecule has 0 saturated carbocycles. The molecule has 1 aromatic heterocycles. The largest absolute Gasteiger partial charge is 0.469 e. The summed E-state index contributed by atoms with van der Waals surface area (Å²) in [6.07, 6.45) is 1.45. The first-order chi connectivity index (χ1) is 8.08. The number of carbonyl (C=O) groups is 1. The molecule has 17 heavy (non-hydrogen) atoms. The van der Waals surface area contributed by atoms with Crippen molar-refractivity contribution in [2.75, 3.05) is 0 Å². The van der Waals surface area contributed by atoms with Crippen molar-refractivity contribution in [2.24, 2.45) is 0 Å². The molecule has 0 spiro atoms. The summed E-state index contributed by atoms with van der Waals surface area (Å²) in [6.45, 7) is 1.68. The second-order valence-corrected chi connectivity index (χ2v) is 3.74. The van der Waals surface area contributed by atoms with Crippen LogP contribution < -0.4 is 0 Å². The fraction of sp³-hybridized carbons (Fsp3) is 0.154. The average molecular weight is 236 g/mol. The van der Waals surface area contributed by atoms with E-state index in [9.17, 15) is 13.6 Å². The second kappa shape index (κ2) is 4.49. The van der Waals surface area contributed by atoms with Gasteiger partial charge in [0.05, 0.1) is 11.8 Å². The van der Waals surface area contributed by atoms with Crippen LogP contribution in [0.5, 0.6) is 0 Å². The molecule has 0 amide bonds. The third-order valence-electron chi connectivity index (χ3n) is 2.51. The van der Waals surface area contributed by atoms with Gasteiger partial charge in [0.15, 0.2) is 17.4 Å². The molecule has 88 valence electrons. The standard InChI is InChI=1S/C13H10F2O2/c1-8-10(4-5-17-8)13(16)7-9-2-3-11(14)12(15)6-9/h2-6H,7H2,1H3. The van der Waals surface area contributed by atoms with Crippen LogP contribution in [0.2, 0.25) is 0 Å². The van der Waals surface area contributed by atoms with Crippen molar-refractivity contribution in [3.05, 3.63) is 59.1 Å². The maximum absolute atomic E-state index is 12.9. The maximum Gasteiger partial charge on any atom is 0.170 e. The second-order valence-electron chi connectivity index (χ2n) is 3.74. The van der Waals surface area contributed by atoms with Crippen LogP contribution in [0.3, 0.4) is 0 Å². The molecule has 0 aliphatic carbocycles. The molecule has 2 nitrogen and oxygen atoms in total. The van der Waals surface area contributed by atoms with Gasteiger partial charge in [0.2, 0.25) is 0 Å². The average Bonchev–Trinajstić information content (AvgIpc) is 2.70. The summed E-state index contributed by atoms with van der Waals surface area (Å²) in [5.41, 5.74) is 0.907. The van der Waals surface area contributed by atoms with Gasteiger partial charge in [-0.3, -0.25) is 4.79 Å². The molecule has 0 fully saturated rings. The zero-order valence-electron chi connectivity index (χ0n) is 9.17. The highest BCUT2D eigenvalue weighted by Crippen LogP contribution is 2.14. The van der Waals surface area contributed by atoms with E-state index in [1.165, 1.54) is 12.3 Å². The van der Waals surface area contributed by atoms with Crippen LogP contribution in [-0.2, 0) is 6.42 Å². The van der Waals surface area contributed by atoms with Gasteiger partial charge < -0.3 is 4.42 Å². The Morgan fingerprint density at radius 3 is 2.59 bits per heavy atom. The molecule has 1 heterocycles. The van der Waals surface area contributed by atoms with Crippen LogP contribution in [0.25, 0.3) is 0 Å². The highest BCUT2D eigenvalue weighted by Gasteiger charge is 2.13. The summed E-state index contributed by atoms with van der Waals surface area (Å²) in [4.78, 5) is 11.8. The Morgan fingerprint density at radius 1 is 1.24 bits per heavy atom. The van der Waals surface area contributed by atoms with Crippen molar-refractivity contribution in [2.45, 2.75) is 13.3 Å². The predicted octanol–water partition coefficient (Wildman–Crippen LogP) is 3.29. The molecule has 2 aromatic rings. The topological polar surface area (TPSA) is 30.2 Å². The smallest absolute Gasteiger partial charge is 0.170 e. The summed E-state index contributed by atoms with van der Waals surface area (Å²) in [5, 5.41) is 0. The lowest BCUT2D eigenvalue weighted by Gasteiger charge is -2.01. The lowest BCUT2D eigenvalue weighted by molar-refractivity contribution is 0.0991. The van der Waals surface area contributed by atoms with Crippen molar-refractivity contribution in [1.29, 1.82) is 0 Å². The number of hydrogen-bond acceptors (Lipinski definition) is 2. The van der Waals surface area contributed by atoms with Crippen LogP contribution in [-0.4, -0.2) is 5.78 Å². The number of furan rings is 1. The third kappa shape index (κ3) is 2.41. The Balaban J connectivity index is 2.19. The Morgan fingerprint density at radius 2 is 2.00 bits per heavy atom. The third-order valence-corrected chi connectivity index (χ3v) is 2.51. The van der Waals surface area contributed by atoms with Gasteiger partial charge in [0.25, 0.3) is 0 Å². The van der Waals surface area contributed by atoms with Crippen molar-refractivity contribution < 1.29 is 18.0 Å². The number of halogens is 2. The Kier molecular flexibility index (Phi) is 3.04. The van der Waals surface area contributed by atoms with Crippen LogP contribution in [0.4, 0.5) is 8.78 Å². The minimum absolute atomic E-state index is 0.0254. The Labute approximate surface area is 96.9 Å². The van der Waals surface area contributed by atoms with E-state index in [2.05, 4.69) is 0 Å². The van der Waals surface area contributed by atoms with E-state index in [4.69, 9.17) is 4.42 Å². The van der Waals surface area contributed by atoms with Crippen molar-refractivity contribution in [3.8, 4) is 0 Å². The van der Waals surface area contributed by atoms with Crippen LogP contribution in [0.1, 0.15) is 21.7 Å². The van der Waals surface area contributed by atoms with Gasteiger partial charge in [-0.15, -0.1) is 0 Å². The molecule has 0 aliphatic rings. The molecular formula is C13H10F2O2. The molecule has 0 aliphatic heterocycles. The fourth-order valence-corrected chi connectivity index (χ4v) is 1.60. The Hall–Kier alpha value is -1.97. The number of aryl methyl sites for hydroxylation is 1. The summed E-state index contributed by atoms with van der Waals surface area (Å²) in [7, 11) is 0. The van der Waals surface area contributed by atoms with Crippen LogP contribution in [0.15, 0.2) is 34.9 Å². The first kappa shape index (κ1) is 11.5. The zero-order valence-corrected chi connectivity index (χ0v) is 9.17. The SMILES string of the molecule is Cc1occc1C(=O)Cc1ccc(F)c(F)c1. The molecule has 0 atom stereocenters. The van der Waals surface area contributed by atoms with Gasteiger partial charge in [-0.05, 0) is 30.7 Å². The van der Waals surface area contributed by atoms with Gasteiger partial charge in [0.1, 0.15) is 5.76 Å². The van der Waals surface area contributed by atoms with Gasteiger partial charge in [0, 0.05) is 6.42 Å². The van der Waals surface area contributed by atoms with Gasteiger partial charge >= 0.3 is 0 Å². The quantitative estimate of drug-likeness (QED) is 0.765. The number of benzene rings is 1. The number of Topliss-reactive ketones (excluding diaryl/α,β-unsaturated/α-hetero) is 1. The highest BCUT2D eigenvalue weighted by atomic mass is 19.2. The number of ketones is 1. The van der Waals surface area contributed by atoms with Gasteiger partial charge in [-0.2, -0.15) is 0 Å². The number of rotatable bonds is 3. The first-order valence-corrected chi connectivity index (χ1v) is 5.09. The molecule has 0 N–H and O–H groups in total. The summed E-state index contributed by atoms with van der Waals surface area (Å²) < 4.78 is 30.7. The van der Waals surface area contributed by atoms with E-state index in [1.807, 2.05) is 0 Å². The van der Waals surface area contributed by atoms with Gasteiger partial charge in [-0.25, -0.2) is 8.78 Å². The molecule has 0 unspecified atom stereocenters. The number of carbonyl (C=O) groups excluding carboxylic acids is 1. The fourth-order valence-electron chi connectivity index (χ4n) is 1.60. The highest BCUT2D eigenvalue weighted by molar-refractivity contribution is 5.98. The molecule has 4 heteroatoms. The first-order valence-electron chi connectivity index (χ1n) is 5.09. The van der Waals surface area contributed by atoms with E-state index in [1.54, 1.807) is 13.0 Å². The minimum atomic E-state index is -0.945. The van der Waals surface area contributed by atoms with E-state index in [0.717, 1.165) is 12.1 Å². The van der Waals surface area contributed by atoms with E-state index in [0.29, 0.717) is 16.9 Å². The zero-order chi connectivity index (χ0) is 12.4. The lowest BCUT2D eigenvalue weighted by atomic mass is 10.0.